The van der Waals surface area contributed by atoms with Crippen LogP contribution in [0.15, 0.2) is 30.5 Å². The number of fused-ring (bicyclic) bond motifs is 3. The van der Waals surface area contributed by atoms with Gasteiger partial charge in [-0.1, -0.05) is 24.3 Å². The third kappa shape index (κ3) is 1.91. The molecule has 0 unspecified atom stereocenters. The van der Waals surface area contributed by atoms with Gasteiger partial charge in [0.15, 0.2) is 11.5 Å². The lowest BCUT2D eigenvalue weighted by Crippen LogP contribution is -2.25. The van der Waals surface area contributed by atoms with Crippen LogP contribution < -0.4 is 5.32 Å². The van der Waals surface area contributed by atoms with Crippen LogP contribution in [-0.2, 0) is 4.79 Å². The van der Waals surface area contributed by atoms with E-state index in [-0.39, 0.29) is 11.9 Å². The minimum Gasteiger partial charge on any atom is -0.347 e. The molecule has 0 spiro atoms. The van der Waals surface area contributed by atoms with E-state index in [0.717, 1.165) is 10.8 Å². The zero-order chi connectivity index (χ0) is 13.4. The molecule has 0 fully saturated rings. The molecule has 0 aliphatic rings. The number of rotatable bonds is 2. The standard InChI is InChI=1S/C13H13N5O/c1-8(15-9(2)19)12-16-17-13-11-6-4-3-5-10(11)7-14-18(12)13/h3-8H,1-2H3,(H,15,19)/t8-/m0/s1. The third-order valence-electron chi connectivity index (χ3n) is 2.99. The Bertz CT molecular complexity index is 764. The first-order valence-electron chi connectivity index (χ1n) is 6.03. The van der Waals surface area contributed by atoms with Gasteiger partial charge in [0.05, 0.1) is 12.2 Å². The minimum absolute atomic E-state index is 0.106. The maximum Gasteiger partial charge on any atom is 0.217 e. The Morgan fingerprint density at radius 1 is 1.32 bits per heavy atom. The number of hydrogen-bond donors (Lipinski definition) is 1. The van der Waals surface area contributed by atoms with Gasteiger partial charge in [0.2, 0.25) is 5.91 Å². The smallest absolute Gasteiger partial charge is 0.217 e. The van der Waals surface area contributed by atoms with E-state index in [9.17, 15) is 4.79 Å². The maximum absolute atomic E-state index is 11.1. The maximum atomic E-state index is 11.1. The highest BCUT2D eigenvalue weighted by Crippen LogP contribution is 2.19. The van der Waals surface area contributed by atoms with Gasteiger partial charge in [-0.3, -0.25) is 4.79 Å². The van der Waals surface area contributed by atoms with E-state index in [1.165, 1.54) is 6.92 Å². The lowest BCUT2D eigenvalue weighted by molar-refractivity contribution is -0.119. The largest absolute Gasteiger partial charge is 0.347 e. The number of hydrogen-bond acceptors (Lipinski definition) is 4. The molecule has 96 valence electrons. The van der Waals surface area contributed by atoms with Crippen molar-refractivity contribution in [2.75, 3.05) is 0 Å². The molecular formula is C13H13N5O. The Morgan fingerprint density at radius 2 is 2.11 bits per heavy atom. The molecule has 2 aromatic heterocycles. The van der Waals surface area contributed by atoms with Gasteiger partial charge in [0, 0.05) is 17.7 Å². The van der Waals surface area contributed by atoms with Crippen LogP contribution in [0.25, 0.3) is 16.4 Å². The molecule has 3 rings (SSSR count). The van der Waals surface area contributed by atoms with Crippen molar-refractivity contribution in [2.45, 2.75) is 19.9 Å². The molecule has 1 N–H and O–H groups in total. The number of carbonyl (C=O) groups is 1. The average molecular weight is 255 g/mol. The third-order valence-corrected chi connectivity index (χ3v) is 2.99. The monoisotopic (exact) mass is 255 g/mol. The van der Waals surface area contributed by atoms with Crippen LogP contribution in [0, 0.1) is 0 Å². The summed E-state index contributed by atoms with van der Waals surface area (Å²) in [5.41, 5.74) is 0.699. The van der Waals surface area contributed by atoms with Gasteiger partial charge in [0.25, 0.3) is 0 Å². The van der Waals surface area contributed by atoms with Crippen molar-refractivity contribution in [3.8, 4) is 0 Å². The summed E-state index contributed by atoms with van der Waals surface area (Å²) in [6.07, 6.45) is 1.77. The van der Waals surface area contributed by atoms with Crippen molar-refractivity contribution >= 4 is 22.3 Å². The van der Waals surface area contributed by atoms with Crippen molar-refractivity contribution < 1.29 is 4.79 Å². The van der Waals surface area contributed by atoms with Crippen molar-refractivity contribution in [3.05, 3.63) is 36.3 Å². The van der Waals surface area contributed by atoms with Gasteiger partial charge in [-0.05, 0) is 6.92 Å². The average Bonchev–Trinajstić information content (AvgIpc) is 2.82. The van der Waals surface area contributed by atoms with E-state index in [1.807, 2.05) is 31.2 Å². The molecule has 1 amide bonds. The van der Waals surface area contributed by atoms with E-state index in [2.05, 4.69) is 20.6 Å². The molecule has 3 aromatic rings. The lowest BCUT2D eigenvalue weighted by atomic mass is 10.2. The van der Waals surface area contributed by atoms with Crippen molar-refractivity contribution in [2.24, 2.45) is 0 Å². The van der Waals surface area contributed by atoms with Gasteiger partial charge >= 0.3 is 0 Å². The van der Waals surface area contributed by atoms with Crippen LogP contribution >= 0.6 is 0 Å². The van der Waals surface area contributed by atoms with E-state index >= 15 is 0 Å². The second kappa shape index (κ2) is 4.31. The topological polar surface area (TPSA) is 72.2 Å². The zero-order valence-corrected chi connectivity index (χ0v) is 10.7. The SMILES string of the molecule is CC(=O)N[C@@H](C)c1nnc2c3ccccc3cnn12. The number of carbonyl (C=O) groups excluding carboxylic acids is 1. The first-order chi connectivity index (χ1) is 9.16. The summed E-state index contributed by atoms with van der Waals surface area (Å²) < 4.78 is 1.67. The summed E-state index contributed by atoms with van der Waals surface area (Å²) in [6.45, 7) is 3.33. The van der Waals surface area contributed by atoms with Crippen LogP contribution in [-0.4, -0.2) is 25.7 Å². The molecule has 0 radical (unpaired) electrons. The van der Waals surface area contributed by atoms with E-state index in [4.69, 9.17) is 0 Å². The van der Waals surface area contributed by atoms with Gasteiger partial charge in [-0.25, -0.2) is 0 Å². The van der Waals surface area contributed by atoms with Crippen molar-refractivity contribution in [1.82, 2.24) is 25.1 Å². The summed E-state index contributed by atoms with van der Waals surface area (Å²) in [7, 11) is 0. The molecule has 0 saturated carbocycles. The summed E-state index contributed by atoms with van der Waals surface area (Å²) in [5.74, 6) is 0.515. The summed E-state index contributed by atoms with van der Waals surface area (Å²) in [5, 5.41) is 17.4. The Hall–Kier alpha value is -2.50. The van der Waals surface area contributed by atoms with E-state index in [0.29, 0.717) is 11.5 Å². The van der Waals surface area contributed by atoms with Crippen LogP contribution in [0.2, 0.25) is 0 Å². The highest BCUT2D eigenvalue weighted by atomic mass is 16.1. The van der Waals surface area contributed by atoms with Gasteiger partial charge in [-0.15, -0.1) is 10.2 Å². The summed E-state index contributed by atoms with van der Waals surface area (Å²) >= 11 is 0. The number of benzene rings is 1. The van der Waals surface area contributed by atoms with E-state index in [1.54, 1.807) is 10.7 Å². The molecule has 1 aromatic carbocycles. The van der Waals surface area contributed by atoms with Crippen LogP contribution in [0.4, 0.5) is 0 Å². The first-order valence-corrected chi connectivity index (χ1v) is 6.03. The second-order valence-electron chi connectivity index (χ2n) is 4.45. The summed E-state index contributed by atoms with van der Waals surface area (Å²) in [6, 6.07) is 7.63. The highest BCUT2D eigenvalue weighted by molar-refractivity contribution is 5.92. The van der Waals surface area contributed by atoms with Gasteiger partial charge in [-0.2, -0.15) is 9.61 Å². The number of nitrogens with one attached hydrogen (secondary N) is 1. The van der Waals surface area contributed by atoms with E-state index < -0.39 is 0 Å². The van der Waals surface area contributed by atoms with Crippen LogP contribution in [0.5, 0.6) is 0 Å². The minimum atomic E-state index is -0.235. The molecule has 6 nitrogen and oxygen atoms in total. The molecule has 2 heterocycles. The fourth-order valence-electron chi connectivity index (χ4n) is 2.15. The quantitative estimate of drug-likeness (QED) is 0.752. The highest BCUT2D eigenvalue weighted by Gasteiger charge is 2.16. The Labute approximate surface area is 109 Å². The van der Waals surface area contributed by atoms with Gasteiger partial charge < -0.3 is 5.32 Å². The number of aromatic nitrogens is 4. The van der Waals surface area contributed by atoms with Crippen LogP contribution in [0.3, 0.4) is 0 Å². The summed E-state index contributed by atoms with van der Waals surface area (Å²) in [4.78, 5) is 11.1. The normalized spacial score (nSPS) is 12.7. The Morgan fingerprint density at radius 3 is 2.89 bits per heavy atom. The van der Waals surface area contributed by atoms with Crippen molar-refractivity contribution in [3.63, 3.8) is 0 Å². The molecule has 1 atom stereocenters. The van der Waals surface area contributed by atoms with Crippen LogP contribution in [0.1, 0.15) is 25.7 Å². The Balaban J connectivity index is 2.18. The molecule has 0 aliphatic carbocycles. The fraction of sp³-hybridized carbons (Fsp3) is 0.231. The molecule has 19 heavy (non-hydrogen) atoms. The van der Waals surface area contributed by atoms with Crippen molar-refractivity contribution in [1.29, 1.82) is 0 Å². The number of nitrogens with zero attached hydrogens (tertiary/aromatic N) is 4. The zero-order valence-electron chi connectivity index (χ0n) is 10.7. The lowest BCUT2D eigenvalue weighted by Gasteiger charge is -2.09. The fourth-order valence-corrected chi connectivity index (χ4v) is 2.15. The number of amides is 1. The predicted molar refractivity (Wildman–Crippen MR) is 70.5 cm³/mol. The molecular weight excluding hydrogens is 242 g/mol. The second-order valence-corrected chi connectivity index (χ2v) is 4.45. The predicted octanol–water partition coefficient (Wildman–Crippen LogP) is 1.47. The Kier molecular flexibility index (Phi) is 2.63. The first kappa shape index (κ1) is 11.6. The molecule has 6 heteroatoms. The molecule has 0 bridgehead atoms. The molecule has 0 aliphatic heterocycles. The molecule has 0 saturated heterocycles. The van der Waals surface area contributed by atoms with Gasteiger partial charge in [0.1, 0.15) is 0 Å².